The number of rotatable bonds is 2. The maximum absolute atomic E-state index is 12.8. The van der Waals surface area contributed by atoms with Crippen molar-refractivity contribution in [1.82, 2.24) is 4.90 Å². The van der Waals surface area contributed by atoms with Gasteiger partial charge in [0.05, 0.1) is 10.6 Å². The van der Waals surface area contributed by atoms with E-state index in [9.17, 15) is 4.79 Å². The minimum absolute atomic E-state index is 0.0207. The Labute approximate surface area is 160 Å². The molecule has 0 spiro atoms. The van der Waals surface area contributed by atoms with E-state index in [1.54, 1.807) is 6.07 Å². The topological polar surface area (TPSA) is 20.3 Å². The van der Waals surface area contributed by atoms with Gasteiger partial charge in [-0.1, -0.05) is 51.8 Å². The highest BCUT2D eigenvalue weighted by molar-refractivity contribution is 9.10. The summed E-state index contributed by atoms with van der Waals surface area (Å²) in [5, 5.41) is 0.956. The fourth-order valence-electron chi connectivity index (χ4n) is 3.00. The molecule has 1 saturated heterocycles. The van der Waals surface area contributed by atoms with Crippen molar-refractivity contribution in [3.05, 3.63) is 68.7 Å². The lowest BCUT2D eigenvalue weighted by molar-refractivity contribution is 0.0766. The van der Waals surface area contributed by atoms with Gasteiger partial charge >= 0.3 is 0 Å². The first-order chi connectivity index (χ1) is 11.6. The molecule has 0 N–H and O–H groups in total. The lowest BCUT2D eigenvalue weighted by atomic mass is 10.0. The first-order valence-corrected chi connectivity index (χ1v) is 10.2. The van der Waals surface area contributed by atoms with Crippen molar-refractivity contribution in [3.8, 4) is 0 Å². The Bertz CT molecular complexity index is 752. The van der Waals surface area contributed by atoms with E-state index < -0.39 is 0 Å². The molecule has 1 atom stereocenters. The molecule has 3 rings (SSSR count). The van der Waals surface area contributed by atoms with Crippen LogP contribution in [0.15, 0.2) is 46.9 Å². The molecule has 2 aromatic carbocycles. The van der Waals surface area contributed by atoms with Gasteiger partial charge in [0.2, 0.25) is 0 Å². The number of hydrogen-bond acceptors (Lipinski definition) is 2. The van der Waals surface area contributed by atoms with Crippen LogP contribution in [0.1, 0.15) is 33.2 Å². The number of aryl methyl sites for hydroxylation is 1. The molecular formula is C19H19BrClNOS. The lowest BCUT2D eigenvalue weighted by Gasteiger charge is -2.21. The van der Waals surface area contributed by atoms with Crippen LogP contribution in [0.2, 0.25) is 5.02 Å². The summed E-state index contributed by atoms with van der Waals surface area (Å²) in [5.74, 6) is 0.962. The predicted molar refractivity (Wildman–Crippen MR) is 106 cm³/mol. The second kappa shape index (κ2) is 7.94. The number of benzene rings is 2. The number of thioether (sulfide) groups is 1. The van der Waals surface area contributed by atoms with Crippen molar-refractivity contribution in [1.29, 1.82) is 0 Å². The summed E-state index contributed by atoms with van der Waals surface area (Å²) < 4.78 is 0.872. The van der Waals surface area contributed by atoms with Crippen LogP contribution in [0.5, 0.6) is 0 Å². The second-order valence-electron chi connectivity index (χ2n) is 5.92. The first kappa shape index (κ1) is 17.8. The summed E-state index contributed by atoms with van der Waals surface area (Å²) >= 11 is 11.6. The van der Waals surface area contributed by atoms with Crippen molar-refractivity contribution in [2.45, 2.75) is 18.6 Å². The first-order valence-electron chi connectivity index (χ1n) is 7.97. The zero-order chi connectivity index (χ0) is 17.1. The minimum atomic E-state index is 0.0207. The Hall–Kier alpha value is -0.970. The van der Waals surface area contributed by atoms with E-state index in [-0.39, 0.29) is 5.91 Å². The summed E-state index contributed by atoms with van der Waals surface area (Å²) in [5.41, 5.74) is 3.28. The molecule has 1 amide bonds. The van der Waals surface area contributed by atoms with Gasteiger partial charge in [-0.2, -0.15) is 11.8 Å². The number of hydrogen-bond donors (Lipinski definition) is 0. The number of amides is 1. The monoisotopic (exact) mass is 423 g/mol. The molecule has 0 saturated carbocycles. The van der Waals surface area contributed by atoms with Crippen LogP contribution in [0, 0.1) is 6.92 Å². The van der Waals surface area contributed by atoms with Crippen molar-refractivity contribution >= 4 is 45.2 Å². The Morgan fingerprint density at radius 3 is 2.83 bits per heavy atom. The SMILES string of the molecule is Cc1ccccc1C1CCN(C(=O)c2cc(Br)ccc2Cl)CCS1. The van der Waals surface area contributed by atoms with E-state index in [4.69, 9.17) is 11.6 Å². The van der Waals surface area contributed by atoms with Crippen LogP contribution in [0.25, 0.3) is 0 Å². The number of carbonyl (C=O) groups is 1. The molecule has 1 aliphatic heterocycles. The highest BCUT2D eigenvalue weighted by atomic mass is 79.9. The summed E-state index contributed by atoms with van der Waals surface area (Å²) in [6.07, 6.45) is 0.965. The Balaban J connectivity index is 1.75. The van der Waals surface area contributed by atoms with Gasteiger partial charge in [0.1, 0.15) is 0 Å². The van der Waals surface area contributed by atoms with Crippen molar-refractivity contribution in [2.75, 3.05) is 18.8 Å². The minimum Gasteiger partial charge on any atom is -0.338 e. The number of halogens is 2. The summed E-state index contributed by atoms with van der Waals surface area (Å²) in [6, 6.07) is 14.0. The van der Waals surface area contributed by atoms with Crippen LogP contribution in [0.4, 0.5) is 0 Å². The highest BCUT2D eigenvalue weighted by Crippen LogP contribution is 2.36. The predicted octanol–water partition coefficient (Wildman–Crippen LogP) is 5.73. The maximum atomic E-state index is 12.8. The Kier molecular flexibility index (Phi) is 5.90. The van der Waals surface area contributed by atoms with E-state index in [1.807, 2.05) is 28.8 Å². The molecule has 24 heavy (non-hydrogen) atoms. The van der Waals surface area contributed by atoms with Crippen LogP contribution in [0.3, 0.4) is 0 Å². The molecule has 2 nitrogen and oxygen atoms in total. The molecule has 1 heterocycles. The average Bonchev–Trinajstić information content (AvgIpc) is 2.83. The zero-order valence-electron chi connectivity index (χ0n) is 13.5. The summed E-state index contributed by atoms with van der Waals surface area (Å²) in [6.45, 7) is 3.67. The maximum Gasteiger partial charge on any atom is 0.255 e. The largest absolute Gasteiger partial charge is 0.338 e. The van der Waals surface area contributed by atoms with E-state index in [2.05, 4.69) is 47.1 Å². The second-order valence-corrected chi connectivity index (χ2v) is 8.55. The molecule has 126 valence electrons. The van der Waals surface area contributed by atoms with E-state index in [1.165, 1.54) is 11.1 Å². The van der Waals surface area contributed by atoms with Gasteiger partial charge < -0.3 is 4.90 Å². The van der Waals surface area contributed by atoms with Gasteiger partial charge in [0, 0.05) is 28.6 Å². The quantitative estimate of drug-likeness (QED) is 0.613. The molecule has 5 heteroatoms. The zero-order valence-corrected chi connectivity index (χ0v) is 16.6. The molecular weight excluding hydrogens is 406 g/mol. The third-order valence-corrected chi connectivity index (χ3v) is 6.46. The van der Waals surface area contributed by atoms with E-state index in [0.717, 1.165) is 29.7 Å². The molecule has 2 aromatic rings. The average molecular weight is 425 g/mol. The number of nitrogens with zero attached hydrogens (tertiary/aromatic N) is 1. The van der Waals surface area contributed by atoms with Crippen molar-refractivity contribution < 1.29 is 4.79 Å². The standard InChI is InChI=1S/C19H19BrClNOS/c1-13-4-2-3-5-15(13)18-8-9-22(10-11-24-18)19(23)16-12-14(20)6-7-17(16)21/h2-7,12,18H,8-11H2,1H3. The Morgan fingerprint density at radius 2 is 2.04 bits per heavy atom. The molecule has 0 bridgehead atoms. The lowest BCUT2D eigenvalue weighted by Crippen LogP contribution is -2.33. The molecule has 0 aromatic heterocycles. The summed E-state index contributed by atoms with van der Waals surface area (Å²) in [4.78, 5) is 14.8. The van der Waals surface area contributed by atoms with Crippen LogP contribution < -0.4 is 0 Å². The fraction of sp³-hybridized carbons (Fsp3) is 0.316. The third kappa shape index (κ3) is 3.98. The molecule has 0 radical (unpaired) electrons. The van der Waals surface area contributed by atoms with Crippen LogP contribution in [-0.2, 0) is 0 Å². The fourth-order valence-corrected chi connectivity index (χ4v) is 4.89. The molecule has 1 aliphatic rings. The van der Waals surface area contributed by atoms with Gasteiger partial charge in [-0.05, 0) is 42.7 Å². The summed E-state index contributed by atoms with van der Waals surface area (Å²) in [7, 11) is 0. The van der Waals surface area contributed by atoms with Gasteiger partial charge in [0.25, 0.3) is 5.91 Å². The van der Waals surface area contributed by atoms with Gasteiger partial charge in [-0.15, -0.1) is 0 Å². The highest BCUT2D eigenvalue weighted by Gasteiger charge is 2.24. The number of carbonyl (C=O) groups excluding carboxylic acids is 1. The molecule has 1 unspecified atom stereocenters. The van der Waals surface area contributed by atoms with Crippen molar-refractivity contribution in [2.24, 2.45) is 0 Å². The van der Waals surface area contributed by atoms with Crippen LogP contribution >= 0.6 is 39.3 Å². The van der Waals surface area contributed by atoms with Gasteiger partial charge in [-0.25, -0.2) is 0 Å². The van der Waals surface area contributed by atoms with Gasteiger partial charge in [-0.3, -0.25) is 4.79 Å². The van der Waals surface area contributed by atoms with E-state index in [0.29, 0.717) is 15.8 Å². The van der Waals surface area contributed by atoms with Crippen LogP contribution in [-0.4, -0.2) is 29.6 Å². The van der Waals surface area contributed by atoms with E-state index >= 15 is 0 Å². The smallest absolute Gasteiger partial charge is 0.255 e. The Morgan fingerprint density at radius 1 is 1.25 bits per heavy atom. The molecule has 1 fully saturated rings. The molecule has 0 aliphatic carbocycles. The normalized spacial score (nSPS) is 18.3. The third-order valence-electron chi connectivity index (χ3n) is 4.32. The van der Waals surface area contributed by atoms with Crippen molar-refractivity contribution in [3.63, 3.8) is 0 Å². The van der Waals surface area contributed by atoms with Gasteiger partial charge in [0.15, 0.2) is 0 Å².